The van der Waals surface area contributed by atoms with Crippen LogP contribution in [0.3, 0.4) is 0 Å². The zero-order chi connectivity index (χ0) is 18.0. The van der Waals surface area contributed by atoms with Gasteiger partial charge in [-0.3, -0.25) is 0 Å². The first-order valence-corrected chi connectivity index (χ1v) is 9.20. The summed E-state index contributed by atoms with van der Waals surface area (Å²) in [4.78, 5) is 4.66. The second-order valence-corrected chi connectivity index (χ2v) is 7.22. The molecule has 0 bridgehead atoms. The van der Waals surface area contributed by atoms with Crippen LogP contribution < -0.4 is 0 Å². The third kappa shape index (κ3) is 3.42. The van der Waals surface area contributed by atoms with Crippen LogP contribution in [-0.2, 0) is 0 Å². The van der Waals surface area contributed by atoms with Crippen LogP contribution in [0.2, 0.25) is 0 Å². The predicted molar refractivity (Wildman–Crippen MR) is 105 cm³/mol. The number of aromatic nitrogens is 2. The molecule has 0 saturated heterocycles. The highest BCUT2D eigenvalue weighted by Crippen LogP contribution is 2.29. The van der Waals surface area contributed by atoms with Gasteiger partial charge in [0.2, 0.25) is 0 Å². The summed E-state index contributed by atoms with van der Waals surface area (Å²) in [6.45, 7) is 8.55. The summed E-state index contributed by atoms with van der Waals surface area (Å²) in [6.07, 6.45) is 1.95. The van der Waals surface area contributed by atoms with Crippen LogP contribution in [0, 0.1) is 25.2 Å². The summed E-state index contributed by atoms with van der Waals surface area (Å²) >= 11 is 1.51. The summed E-state index contributed by atoms with van der Waals surface area (Å²) in [5.74, 6) is 0. The second-order valence-electron chi connectivity index (χ2n) is 6.36. The summed E-state index contributed by atoms with van der Waals surface area (Å²) in [7, 11) is 0. The molecule has 3 nitrogen and oxygen atoms in total. The van der Waals surface area contributed by atoms with Gasteiger partial charge in [0, 0.05) is 28.4 Å². The van der Waals surface area contributed by atoms with Crippen molar-refractivity contribution in [3.05, 3.63) is 63.7 Å². The molecular formula is C21H21N3S. The maximum absolute atomic E-state index is 9.64. The lowest BCUT2D eigenvalue weighted by atomic mass is 10.1. The Morgan fingerprint density at radius 1 is 1.24 bits per heavy atom. The van der Waals surface area contributed by atoms with Crippen molar-refractivity contribution in [3.63, 3.8) is 0 Å². The van der Waals surface area contributed by atoms with E-state index in [0.717, 1.165) is 21.8 Å². The van der Waals surface area contributed by atoms with Crippen molar-refractivity contribution in [1.29, 1.82) is 5.26 Å². The maximum Gasteiger partial charge on any atom is 0.134 e. The molecule has 4 heteroatoms. The van der Waals surface area contributed by atoms with Gasteiger partial charge in [0.05, 0.1) is 11.3 Å². The second kappa shape index (κ2) is 7.08. The zero-order valence-corrected chi connectivity index (χ0v) is 15.8. The fraction of sp³-hybridized carbons (Fsp3) is 0.238. The van der Waals surface area contributed by atoms with Gasteiger partial charge in [-0.2, -0.15) is 5.26 Å². The van der Waals surface area contributed by atoms with Crippen LogP contribution in [0.15, 0.2) is 41.8 Å². The normalized spacial score (nSPS) is 11.8. The molecule has 2 aromatic heterocycles. The Morgan fingerprint density at radius 2 is 1.96 bits per heavy atom. The molecule has 0 amide bonds. The molecule has 0 radical (unpaired) electrons. The molecule has 0 spiro atoms. The van der Waals surface area contributed by atoms with Gasteiger partial charge in [-0.15, -0.1) is 11.3 Å². The average Bonchev–Trinajstić information content (AvgIpc) is 3.18. The van der Waals surface area contributed by atoms with Gasteiger partial charge >= 0.3 is 0 Å². The van der Waals surface area contributed by atoms with E-state index in [2.05, 4.69) is 49.4 Å². The van der Waals surface area contributed by atoms with Crippen LogP contribution in [0.5, 0.6) is 0 Å². The number of nitrogens with zero attached hydrogens (tertiary/aromatic N) is 3. The van der Waals surface area contributed by atoms with E-state index >= 15 is 0 Å². The lowest BCUT2D eigenvalue weighted by Crippen LogP contribution is -2.04. The van der Waals surface area contributed by atoms with Gasteiger partial charge in [0.1, 0.15) is 11.1 Å². The standard InChI is InChI=1S/C21H21N3S/c1-14(2)24-15(3)10-18(16(24)4)11-19(12-22)21-23-20(13-25-21)17-8-6-5-7-9-17/h5-11,13-14H,1-4H3/b19-11+. The summed E-state index contributed by atoms with van der Waals surface area (Å²) in [5.41, 5.74) is 6.06. The number of allylic oxidation sites excluding steroid dienone is 1. The zero-order valence-electron chi connectivity index (χ0n) is 14.9. The molecule has 0 unspecified atom stereocenters. The van der Waals surface area contributed by atoms with Crippen LogP contribution in [0.4, 0.5) is 0 Å². The molecule has 25 heavy (non-hydrogen) atoms. The van der Waals surface area contributed by atoms with Gasteiger partial charge in [-0.25, -0.2) is 4.98 Å². The molecule has 2 heterocycles. The monoisotopic (exact) mass is 347 g/mol. The number of benzene rings is 1. The van der Waals surface area contributed by atoms with E-state index in [1.165, 1.54) is 22.7 Å². The average molecular weight is 347 g/mol. The number of thiazole rings is 1. The minimum atomic E-state index is 0.400. The Bertz CT molecular complexity index is 953. The lowest BCUT2D eigenvalue weighted by molar-refractivity contribution is 0.574. The van der Waals surface area contributed by atoms with Crippen molar-refractivity contribution in [3.8, 4) is 17.3 Å². The van der Waals surface area contributed by atoms with Crippen molar-refractivity contribution >= 4 is 23.0 Å². The molecule has 0 saturated carbocycles. The molecule has 3 aromatic rings. The first-order valence-electron chi connectivity index (χ1n) is 8.32. The van der Waals surface area contributed by atoms with Gasteiger partial charge in [-0.1, -0.05) is 30.3 Å². The first-order chi connectivity index (χ1) is 12.0. The molecule has 0 atom stereocenters. The number of hydrogen-bond donors (Lipinski definition) is 0. The quantitative estimate of drug-likeness (QED) is 0.554. The van der Waals surface area contributed by atoms with Crippen molar-refractivity contribution in [2.24, 2.45) is 0 Å². The Hall–Kier alpha value is -2.64. The van der Waals surface area contributed by atoms with Gasteiger partial charge in [0.15, 0.2) is 0 Å². The highest BCUT2D eigenvalue weighted by molar-refractivity contribution is 7.11. The van der Waals surface area contributed by atoms with E-state index in [9.17, 15) is 5.26 Å². The summed E-state index contributed by atoms with van der Waals surface area (Å²) < 4.78 is 2.29. The van der Waals surface area contributed by atoms with Crippen molar-refractivity contribution < 1.29 is 0 Å². The Labute approximate surface area is 152 Å². The topological polar surface area (TPSA) is 41.6 Å². The van der Waals surface area contributed by atoms with Gasteiger partial charge in [-0.05, 0) is 45.4 Å². The first kappa shape index (κ1) is 17.2. The highest BCUT2D eigenvalue weighted by Gasteiger charge is 2.13. The molecule has 0 fully saturated rings. The molecule has 0 aliphatic heterocycles. The van der Waals surface area contributed by atoms with Crippen LogP contribution in [0.1, 0.15) is 41.8 Å². The number of hydrogen-bond acceptors (Lipinski definition) is 3. The van der Waals surface area contributed by atoms with Gasteiger partial charge < -0.3 is 4.57 Å². The third-order valence-corrected chi connectivity index (χ3v) is 5.14. The predicted octanol–water partition coefficient (Wildman–Crippen LogP) is 5.87. The lowest BCUT2D eigenvalue weighted by Gasteiger charge is -2.13. The van der Waals surface area contributed by atoms with E-state index < -0.39 is 0 Å². The fourth-order valence-electron chi connectivity index (χ4n) is 3.18. The van der Waals surface area contributed by atoms with Crippen LogP contribution >= 0.6 is 11.3 Å². The summed E-state index contributed by atoms with van der Waals surface area (Å²) in [5, 5.41) is 12.4. The van der Waals surface area contributed by atoms with E-state index in [1.807, 2.05) is 41.8 Å². The Balaban J connectivity index is 1.99. The smallest absolute Gasteiger partial charge is 0.134 e. The molecule has 1 aromatic carbocycles. The Morgan fingerprint density at radius 3 is 2.56 bits per heavy atom. The number of nitriles is 1. The van der Waals surface area contributed by atoms with Crippen molar-refractivity contribution in [1.82, 2.24) is 9.55 Å². The largest absolute Gasteiger partial charge is 0.346 e. The Kier molecular flexibility index (Phi) is 4.87. The highest BCUT2D eigenvalue weighted by atomic mass is 32.1. The van der Waals surface area contributed by atoms with Crippen molar-refractivity contribution in [2.45, 2.75) is 33.7 Å². The molecule has 0 aliphatic rings. The molecule has 126 valence electrons. The maximum atomic E-state index is 9.64. The molecular weight excluding hydrogens is 326 g/mol. The summed E-state index contributed by atoms with van der Waals surface area (Å²) in [6, 6.07) is 14.9. The van der Waals surface area contributed by atoms with Gasteiger partial charge in [0.25, 0.3) is 0 Å². The minimum absolute atomic E-state index is 0.400. The molecule has 0 aliphatic carbocycles. The minimum Gasteiger partial charge on any atom is -0.346 e. The fourth-order valence-corrected chi connectivity index (χ4v) is 3.97. The van der Waals surface area contributed by atoms with Crippen LogP contribution in [-0.4, -0.2) is 9.55 Å². The number of rotatable bonds is 4. The van der Waals surface area contributed by atoms with Crippen molar-refractivity contribution in [2.75, 3.05) is 0 Å². The van der Waals surface area contributed by atoms with E-state index in [0.29, 0.717) is 11.6 Å². The SMILES string of the molecule is Cc1cc(/C=C(\C#N)c2nc(-c3ccccc3)cs2)c(C)n1C(C)C. The van der Waals surface area contributed by atoms with E-state index in [4.69, 9.17) is 0 Å². The number of aryl methyl sites for hydroxylation is 1. The third-order valence-electron chi connectivity index (χ3n) is 4.26. The molecule has 0 N–H and O–H groups in total. The molecule has 3 rings (SSSR count). The van der Waals surface area contributed by atoms with E-state index in [1.54, 1.807) is 0 Å². The van der Waals surface area contributed by atoms with Crippen LogP contribution in [0.25, 0.3) is 22.9 Å². The van der Waals surface area contributed by atoms with E-state index in [-0.39, 0.29) is 0 Å².